The van der Waals surface area contributed by atoms with Crippen molar-refractivity contribution in [3.63, 3.8) is 0 Å². The Morgan fingerprint density at radius 3 is 2.14 bits per heavy atom. The van der Waals surface area contributed by atoms with E-state index in [-0.39, 0.29) is 5.56 Å². The van der Waals surface area contributed by atoms with Gasteiger partial charge in [-0.05, 0) is 36.9 Å². The van der Waals surface area contributed by atoms with E-state index in [2.05, 4.69) is 0 Å². The molecule has 0 spiro atoms. The highest BCUT2D eigenvalue weighted by atomic mass is 19.4. The van der Waals surface area contributed by atoms with Gasteiger partial charge in [0.15, 0.2) is 0 Å². The summed E-state index contributed by atoms with van der Waals surface area (Å²) >= 11 is 0. The Morgan fingerprint density at radius 2 is 1.55 bits per heavy atom. The van der Waals surface area contributed by atoms with Crippen LogP contribution in [0.2, 0.25) is 0 Å². The highest BCUT2D eigenvalue weighted by Crippen LogP contribution is 2.36. The van der Waals surface area contributed by atoms with Crippen LogP contribution in [0, 0.1) is 0 Å². The summed E-state index contributed by atoms with van der Waals surface area (Å²) in [6, 6.07) is 14.9. The average molecular weight is 305 g/mol. The fourth-order valence-corrected chi connectivity index (χ4v) is 2.24. The second-order valence-corrected chi connectivity index (χ2v) is 5.29. The van der Waals surface area contributed by atoms with Crippen molar-refractivity contribution in [2.75, 3.05) is 20.6 Å². The van der Waals surface area contributed by atoms with Crippen LogP contribution in [0.25, 0.3) is 5.57 Å². The molecule has 0 radical (unpaired) electrons. The van der Waals surface area contributed by atoms with E-state index in [4.69, 9.17) is 0 Å². The summed E-state index contributed by atoms with van der Waals surface area (Å²) in [5.41, 5.74) is 0.982. The molecule has 0 bridgehead atoms. The number of benzene rings is 2. The van der Waals surface area contributed by atoms with Gasteiger partial charge < -0.3 is 4.90 Å². The molecule has 2 aromatic carbocycles. The van der Waals surface area contributed by atoms with Crippen molar-refractivity contribution < 1.29 is 13.2 Å². The monoisotopic (exact) mass is 305 g/mol. The van der Waals surface area contributed by atoms with Gasteiger partial charge in [0.1, 0.15) is 0 Å². The van der Waals surface area contributed by atoms with Gasteiger partial charge in [-0.3, -0.25) is 0 Å². The van der Waals surface area contributed by atoms with E-state index in [1.54, 1.807) is 6.07 Å². The van der Waals surface area contributed by atoms with E-state index >= 15 is 0 Å². The van der Waals surface area contributed by atoms with Crippen LogP contribution in [0.5, 0.6) is 0 Å². The van der Waals surface area contributed by atoms with Crippen molar-refractivity contribution in [1.29, 1.82) is 0 Å². The number of likely N-dealkylation sites (N-methyl/N-ethyl adjacent to an activating group) is 1. The third kappa shape index (κ3) is 3.98. The minimum Gasteiger partial charge on any atom is -0.306 e. The number of hydrogen-bond acceptors (Lipinski definition) is 1. The number of nitrogens with zero attached hydrogens (tertiary/aromatic N) is 1. The minimum absolute atomic E-state index is 0.211. The van der Waals surface area contributed by atoms with Crippen molar-refractivity contribution in [3.8, 4) is 0 Å². The summed E-state index contributed by atoms with van der Waals surface area (Å²) in [4.78, 5) is 1.92. The fraction of sp³-hybridized carbons (Fsp3) is 0.222. The largest absolute Gasteiger partial charge is 0.417 e. The Morgan fingerprint density at radius 1 is 0.955 bits per heavy atom. The summed E-state index contributed by atoms with van der Waals surface area (Å²) < 4.78 is 39.9. The number of alkyl halides is 3. The van der Waals surface area contributed by atoms with Crippen LogP contribution in [0.3, 0.4) is 0 Å². The molecule has 1 nitrogen and oxygen atoms in total. The molecule has 0 saturated heterocycles. The van der Waals surface area contributed by atoms with Crippen molar-refractivity contribution in [2.24, 2.45) is 0 Å². The molecule has 0 heterocycles. The molecule has 116 valence electrons. The molecule has 2 aromatic rings. The third-order valence-corrected chi connectivity index (χ3v) is 3.27. The molecular weight excluding hydrogens is 287 g/mol. The molecule has 0 atom stereocenters. The lowest BCUT2D eigenvalue weighted by atomic mass is 9.93. The van der Waals surface area contributed by atoms with Gasteiger partial charge in [0.2, 0.25) is 0 Å². The Balaban J connectivity index is 2.59. The van der Waals surface area contributed by atoms with Crippen LogP contribution in [0.4, 0.5) is 13.2 Å². The number of hydrogen-bond donors (Lipinski definition) is 0. The number of rotatable bonds is 4. The summed E-state index contributed by atoms with van der Waals surface area (Å²) in [6.45, 7) is 0.566. The molecule has 0 N–H and O–H groups in total. The van der Waals surface area contributed by atoms with E-state index in [1.807, 2.05) is 55.4 Å². The van der Waals surface area contributed by atoms with Crippen LogP contribution in [0.15, 0.2) is 60.7 Å². The van der Waals surface area contributed by atoms with Crippen LogP contribution < -0.4 is 0 Å². The van der Waals surface area contributed by atoms with E-state index in [0.717, 1.165) is 11.6 Å². The van der Waals surface area contributed by atoms with Crippen LogP contribution >= 0.6 is 0 Å². The van der Waals surface area contributed by atoms with E-state index in [9.17, 15) is 13.2 Å². The van der Waals surface area contributed by atoms with Crippen molar-refractivity contribution in [3.05, 3.63) is 77.4 Å². The van der Waals surface area contributed by atoms with Gasteiger partial charge in [-0.25, -0.2) is 0 Å². The molecule has 0 amide bonds. The maximum Gasteiger partial charge on any atom is 0.417 e. The lowest BCUT2D eigenvalue weighted by molar-refractivity contribution is -0.137. The Hall–Kier alpha value is -2.07. The Kier molecular flexibility index (Phi) is 5.03. The lowest BCUT2D eigenvalue weighted by Gasteiger charge is -2.17. The predicted molar refractivity (Wildman–Crippen MR) is 83.5 cm³/mol. The van der Waals surface area contributed by atoms with Crippen molar-refractivity contribution >= 4 is 5.57 Å². The summed E-state index contributed by atoms with van der Waals surface area (Å²) in [6.07, 6.45) is -2.54. The van der Waals surface area contributed by atoms with Gasteiger partial charge in [0, 0.05) is 6.54 Å². The highest BCUT2D eigenvalue weighted by Gasteiger charge is 2.33. The first kappa shape index (κ1) is 16.3. The zero-order chi connectivity index (χ0) is 16.2. The highest BCUT2D eigenvalue weighted by molar-refractivity contribution is 5.81. The zero-order valence-corrected chi connectivity index (χ0v) is 12.6. The smallest absolute Gasteiger partial charge is 0.306 e. The maximum absolute atomic E-state index is 13.3. The molecule has 0 aliphatic carbocycles. The van der Waals surface area contributed by atoms with Gasteiger partial charge in [-0.15, -0.1) is 0 Å². The topological polar surface area (TPSA) is 3.24 Å². The molecule has 0 aliphatic heterocycles. The van der Waals surface area contributed by atoms with Crippen LogP contribution in [0.1, 0.15) is 16.7 Å². The standard InChI is InChI=1S/C18H18F3N/c1-22(2)13-12-15(14-8-4-3-5-9-14)16-10-6-7-11-17(16)18(19,20)21/h3-12H,13H2,1-2H3. The fourth-order valence-electron chi connectivity index (χ4n) is 2.24. The average Bonchev–Trinajstić information content (AvgIpc) is 2.48. The van der Waals surface area contributed by atoms with Crippen LogP contribution in [-0.4, -0.2) is 25.5 Å². The normalized spacial score (nSPS) is 12.7. The van der Waals surface area contributed by atoms with Gasteiger partial charge >= 0.3 is 6.18 Å². The SMILES string of the molecule is CN(C)CC=C(c1ccccc1)c1ccccc1C(F)(F)F. The first-order valence-corrected chi connectivity index (χ1v) is 6.96. The van der Waals surface area contributed by atoms with Gasteiger partial charge in [-0.2, -0.15) is 13.2 Å². The number of halogens is 3. The second kappa shape index (κ2) is 6.79. The maximum atomic E-state index is 13.3. The lowest BCUT2D eigenvalue weighted by Crippen LogP contribution is -2.13. The predicted octanol–water partition coefficient (Wildman–Crippen LogP) is 4.70. The van der Waals surface area contributed by atoms with E-state index in [1.165, 1.54) is 12.1 Å². The molecular formula is C18H18F3N. The first-order valence-electron chi connectivity index (χ1n) is 6.96. The summed E-state index contributed by atoms with van der Waals surface area (Å²) in [7, 11) is 3.77. The van der Waals surface area contributed by atoms with Crippen molar-refractivity contribution in [1.82, 2.24) is 4.90 Å². The second-order valence-electron chi connectivity index (χ2n) is 5.29. The molecule has 0 unspecified atom stereocenters. The van der Waals surface area contributed by atoms with Gasteiger partial charge in [0.05, 0.1) is 5.56 Å². The zero-order valence-electron chi connectivity index (χ0n) is 12.6. The molecule has 2 rings (SSSR count). The molecule has 0 saturated carbocycles. The van der Waals surface area contributed by atoms with Crippen molar-refractivity contribution in [2.45, 2.75) is 6.18 Å². The Bertz CT molecular complexity index is 643. The summed E-state index contributed by atoms with van der Waals surface area (Å²) in [5, 5.41) is 0. The molecule has 4 heteroatoms. The quantitative estimate of drug-likeness (QED) is 0.791. The Labute approximate surface area is 128 Å². The molecule has 0 aromatic heterocycles. The van der Waals surface area contributed by atoms with Gasteiger partial charge in [0.25, 0.3) is 0 Å². The first-order chi connectivity index (χ1) is 10.4. The molecule has 22 heavy (non-hydrogen) atoms. The third-order valence-electron chi connectivity index (χ3n) is 3.27. The molecule has 0 aliphatic rings. The van der Waals surface area contributed by atoms with Crippen LogP contribution in [-0.2, 0) is 6.18 Å². The van der Waals surface area contributed by atoms with Gasteiger partial charge in [-0.1, -0.05) is 54.6 Å². The minimum atomic E-state index is -4.37. The van der Waals surface area contributed by atoms with E-state index < -0.39 is 11.7 Å². The molecule has 0 fully saturated rings. The summed E-state index contributed by atoms with van der Waals surface area (Å²) in [5.74, 6) is 0. The van der Waals surface area contributed by atoms with E-state index in [0.29, 0.717) is 12.1 Å².